The Balaban J connectivity index is 4.21. The second kappa shape index (κ2) is 65.8. The van der Waals surface area contributed by atoms with Crippen LogP contribution < -0.4 is 0 Å². The van der Waals surface area contributed by atoms with Crippen molar-refractivity contribution in [1.82, 2.24) is 0 Å². The van der Waals surface area contributed by atoms with Crippen molar-refractivity contribution in [2.45, 2.75) is 329 Å². The van der Waals surface area contributed by atoms with Crippen LogP contribution in [0.1, 0.15) is 323 Å². The molecule has 1 atom stereocenters. The Morgan fingerprint density at radius 1 is 0.269 bits per heavy atom. The van der Waals surface area contributed by atoms with Crippen molar-refractivity contribution in [1.29, 1.82) is 0 Å². The molecule has 0 aliphatic carbocycles. The van der Waals surface area contributed by atoms with Crippen LogP contribution in [-0.4, -0.2) is 37.2 Å². The summed E-state index contributed by atoms with van der Waals surface area (Å²) in [6.07, 6.45) is 88.6. The Bertz CT molecular complexity index is 1530. The molecule has 6 heteroatoms. The van der Waals surface area contributed by atoms with Crippen molar-refractivity contribution in [2.24, 2.45) is 0 Å². The van der Waals surface area contributed by atoms with Gasteiger partial charge in [0, 0.05) is 19.3 Å². The maximum Gasteiger partial charge on any atom is 0.306 e. The summed E-state index contributed by atoms with van der Waals surface area (Å²) in [5.41, 5.74) is 0. The largest absolute Gasteiger partial charge is 0.462 e. The summed E-state index contributed by atoms with van der Waals surface area (Å²) < 4.78 is 16.9. The fourth-order valence-electron chi connectivity index (χ4n) is 9.33. The van der Waals surface area contributed by atoms with Gasteiger partial charge in [-0.1, -0.05) is 285 Å². The van der Waals surface area contributed by atoms with Gasteiger partial charge in [-0.15, -0.1) is 0 Å². The second-order valence-electron chi connectivity index (χ2n) is 22.0. The molecular formula is C72H124O6. The number of allylic oxidation sites excluding steroid dienone is 16. The number of hydrogen-bond donors (Lipinski definition) is 0. The van der Waals surface area contributed by atoms with Gasteiger partial charge in [0.05, 0.1) is 0 Å². The first-order valence-electron chi connectivity index (χ1n) is 33.2. The highest BCUT2D eigenvalue weighted by molar-refractivity contribution is 5.71. The van der Waals surface area contributed by atoms with Crippen molar-refractivity contribution in [3.8, 4) is 0 Å². The third-order valence-corrected chi connectivity index (χ3v) is 14.3. The molecule has 0 amide bonds. The van der Waals surface area contributed by atoms with Gasteiger partial charge in [-0.2, -0.15) is 0 Å². The lowest BCUT2D eigenvalue weighted by Crippen LogP contribution is -2.30. The van der Waals surface area contributed by atoms with Gasteiger partial charge < -0.3 is 14.2 Å². The molecule has 1 unspecified atom stereocenters. The zero-order chi connectivity index (χ0) is 56.4. The van der Waals surface area contributed by atoms with Crippen LogP contribution in [0.15, 0.2) is 97.2 Å². The Morgan fingerprint density at radius 3 is 0.846 bits per heavy atom. The first-order chi connectivity index (χ1) is 38.5. The van der Waals surface area contributed by atoms with E-state index in [1.807, 2.05) is 0 Å². The molecule has 0 saturated carbocycles. The molecule has 6 nitrogen and oxygen atoms in total. The number of carbonyl (C=O) groups is 3. The first-order valence-corrected chi connectivity index (χ1v) is 33.2. The molecule has 0 rings (SSSR count). The molecular weight excluding hydrogens is 961 g/mol. The number of rotatable bonds is 60. The highest BCUT2D eigenvalue weighted by atomic mass is 16.6. The van der Waals surface area contributed by atoms with Crippen LogP contribution in [0.25, 0.3) is 0 Å². The molecule has 0 aromatic carbocycles. The summed E-state index contributed by atoms with van der Waals surface area (Å²) in [7, 11) is 0. The maximum atomic E-state index is 12.9. The molecule has 78 heavy (non-hydrogen) atoms. The lowest BCUT2D eigenvalue weighted by molar-refractivity contribution is -0.167. The van der Waals surface area contributed by atoms with E-state index in [0.717, 1.165) is 109 Å². The van der Waals surface area contributed by atoms with E-state index in [1.54, 1.807) is 0 Å². The fourth-order valence-corrected chi connectivity index (χ4v) is 9.33. The molecule has 0 radical (unpaired) electrons. The Hall–Kier alpha value is -3.67. The summed E-state index contributed by atoms with van der Waals surface area (Å²) in [6.45, 7) is 6.47. The van der Waals surface area contributed by atoms with E-state index in [0.29, 0.717) is 19.3 Å². The summed E-state index contributed by atoms with van der Waals surface area (Å²) in [5, 5.41) is 0. The topological polar surface area (TPSA) is 78.9 Å². The average molecular weight is 1090 g/mol. The van der Waals surface area contributed by atoms with Gasteiger partial charge in [-0.05, 0) is 116 Å². The minimum atomic E-state index is -0.784. The minimum absolute atomic E-state index is 0.0808. The summed E-state index contributed by atoms with van der Waals surface area (Å²) in [6, 6.07) is 0. The normalized spacial score (nSPS) is 12.7. The van der Waals surface area contributed by atoms with E-state index in [4.69, 9.17) is 14.2 Å². The van der Waals surface area contributed by atoms with Gasteiger partial charge in [-0.3, -0.25) is 14.4 Å². The molecule has 0 saturated heterocycles. The van der Waals surface area contributed by atoms with Crippen molar-refractivity contribution in [3.05, 3.63) is 97.2 Å². The molecule has 0 spiro atoms. The Labute approximate surface area is 483 Å². The van der Waals surface area contributed by atoms with Gasteiger partial charge in [0.2, 0.25) is 0 Å². The van der Waals surface area contributed by atoms with Crippen LogP contribution in [0.5, 0.6) is 0 Å². The summed E-state index contributed by atoms with van der Waals surface area (Å²) >= 11 is 0. The second-order valence-corrected chi connectivity index (χ2v) is 22.0. The monoisotopic (exact) mass is 1080 g/mol. The Kier molecular flexibility index (Phi) is 62.7. The van der Waals surface area contributed by atoms with Crippen molar-refractivity contribution < 1.29 is 28.6 Å². The molecule has 0 aliphatic heterocycles. The SMILES string of the molecule is CC/C=C\C/C=C\C/C=C\C/C=C\C/C=C\CCCCCCCCCCCCCCCC(=O)OCC(COC(=O)CCCCCCC/C=C\CCC)OC(=O)CCCCCCCCCCC/C=C\C/C=C\CCCCCCC. The van der Waals surface area contributed by atoms with Crippen LogP contribution in [0.3, 0.4) is 0 Å². The quantitative estimate of drug-likeness (QED) is 0.0261. The van der Waals surface area contributed by atoms with Gasteiger partial charge in [0.1, 0.15) is 13.2 Å². The van der Waals surface area contributed by atoms with Crippen molar-refractivity contribution in [2.75, 3.05) is 13.2 Å². The number of esters is 3. The number of unbranched alkanes of at least 4 members (excludes halogenated alkanes) is 33. The molecule has 448 valence electrons. The van der Waals surface area contributed by atoms with Gasteiger partial charge in [0.15, 0.2) is 6.10 Å². The van der Waals surface area contributed by atoms with Crippen LogP contribution in [0.2, 0.25) is 0 Å². The first kappa shape index (κ1) is 74.3. The zero-order valence-corrected chi connectivity index (χ0v) is 51.4. The van der Waals surface area contributed by atoms with Crippen LogP contribution in [0.4, 0.5) is 0 Å². The smallest absolute Gasteiger partial charge is 0.306 e. The molecule has 0 aromatic rings. The fraction of sp³-hybridized carbons (Fsp3) is 0.736. The van der Waals surface area contributed by atoms with Crippen molar-refractivity contribution in [3.63, 3.8) is 0 Å². The lowest BCUT2D eigenvalue weighted by atomic mass is 10.0. The predicted octanol–water partition coefficient (Wildman–Crippen LogP) is 22.8. The summed E-state index contributed by atoms with van der Waals surface area (Å²) in [5.74, 6) is -0.886. The van der Waals surface area contributed by atoms with E-state index in [9.17, 15) is 14.4 Å². The van der Waals surface area contributed by atoms with Gasteiger partial charge >= 0.3 is 17.9 Å². The molecule has 0 fully saturated rings. The Morgan fingerprint density at radius 2 is 0.526 bits per heavy atom. The average Bonchev–Trinajstić information content (AvgIpc) is 3.44. The minimum Gasteiger partial charge on any atom is -0.462 e. The number of hydrogen-bond acceptors (Lipinski definition) is 6. The van der Waals surface area contributed by atoms with E-state index in [2.05, 4.69) is 118 Å². The zero-order valence-electron chi connectivity index (χ0n) is 51.4. The number of ether oxygens (including phenoxy) is 3. The molecule has 0 aliphatic rings. The van der Waals surface area contributed by atoms with E-state index >= 15 is 0 Å². The molecule has 0 bridgehead atoms. The molecule has 0 aromatic heterocycles. The van der Waals surface area contributed by atoms with Gasteiger partial charge in [-0.25, -0.2) is 0 Å². The highest BCUT2D eigenvalue weighted by Crippen LogP contribution is 2.16. The van der Waals surface area contributed by atoms with Crippen LogP contribution in [-0.2, 0) is 28.6 Å². The lowest BCUT2D eigenvalue weighted by Gasteiger charge is -2.18. The van der Waals surface area contributed by atoms with Crippen LogP contribution >= 0.6 is 0 Å². The highest BCUT2D eigenvalue weighted by Gasteiger charge is 2.19. The standard InChI is InChI=1S/C72H124O6/c1-4-7-10-13-16-19-22-24-26-28-30-32-33-34-35-36-37-38-39-41-42-44-46-48-50-53-56-59-62-65-71(74)77-68-69(67-76-70(73)64-61-58-55-52-21-18-15-12-9-6-3)78-72(75)66-63-60-57-54-51-49-47-45-43-40-31-29-27-25-23-20-17-14-11-8-5-2/h7,10,12,15-16,19,23-26,29-32,34-35,69H,4-6,8-9,11,13-14,17-18,20-22,27-28,33,36-68H2,1-3H3/b10-7-,15-12-,19-16-,25-23-,26-24-,31-29-,32-30-,35-34-. The molecule has 0 N–H and O–H groups in total. The summed E-state index contributed by atoms with van der Waals surface area (Å²) in [4.78, 5) is 38.3. The predicted molar refractivity (Wildman–Crippen MR) is 339 cm³/mol. The number of carbonyl (C=O) groups excluding carboxylic acids is 3. The third-order valence-electron chi connectivity index (χ3n) is 14.3. The van der Waals surface area contributed by atoms with Crippen molar-refractivity contribution >= 4 is 17.9 Å². The van der Waals surface area contributed by atoms with Crippen LogP contribution in [0, 0.1) is 0 Å². The maximum absolute atomic E-state index is 12.9. The van der Waals surface area contributed by atoms with E-state index in [-0.39, 0.29) is 31.1 Å². The van der Waals surface area contributed by atoms with E-state index in [1.165, 1.54) is 173 Å². The molecule has 0 heterocycles. The third kappa shape index (κ3) is 63.2. The van der Waals surface area contributed by atoms with Gasteiger partial charge in [0.25, 0.3) is 0 Å². The van der Waals surface area contributed by atoms with E-state index < -0.39 is 6.10 Å².